The highest BCUT2D eigenvalue weighted by atomic mass is 32.1. The summed E-state index contributed by atoms with van der Waals surface area (Å²) in [7, 11) is 0. The van der Waals surface area contributed by atoms with Gasteiger partial charge in [0.05, 0.1) is 32.8 Å². The van der Waals surface area contributed by atoms with Crippen LogP contribution in [0.25, 0.3) is 220 Å². The van der Waals surface area contributed by atoms with Gasteiger partial charge in [0, 0.05) is 108 Å². The smallest absolute Gasteiger partial charge is 0.164 e. The molecule has 504 valence electrons. The number of thiophene rings is 1. The Bertz CT molecular complexity index is 7570. The molecule has 108 heavy (non-hydrogen) atoms. The summed E-state index contributed by atoms with van der Waals surface area (Å²) in [5, 5.41) is 13.3. The number of fused-ring (bicyclic) bond motifs is 20. The Kier molecular flexibility index (Phi) is 13.9. The number of furan rings is 3. The van der Waals surface area contributed by atoms with Crippen LogP contribution in [0.15, 0.2) is 353 Å². The second-order valence-corrected chi connectivity index (χ2v) is 28.3. The highest BCUT2D eigenvalue weighted by Gasteiger charge is 2.24. The van der Waals surface area contributed by atoms with Gasteiger partial charge < -0.3 is 22.4 Å². The van der Waals surface area contributed by atoms with E-state index in [4.69, 9.17) is 43.2 Å². The molecule has 0 unspecified atom stereocenters. The SMILES string of the molecule is c1ccc(-c2cccc(-c3nc(-c4ccc5c(c4)oc4c5ccc5c4c4ccccc4n5-c4ccccc4)nc(-c4ccc5oc6ccccc6c5c4)n3)c2)cc1.c1ccc(-c2nc(-c3ccc4c(c3)oc3c4ccc4c3c3ccccc3n4-c3ccccc3)nc(-c3ccc4c(c3)sc3ccccc34)n2)cc1. The third-order valence-corrected chi connectivity index (χ3v) is 22.0. The summed E-state index contributed by atoms with van der Waals surface area (Å²) >= 11 is 1.79. The van der Waals surface area contributed by atoms with Crippen LogP contribution in [0.4, 0.5) is 0 Å². The molecule has 0 saturated heterocycles. The molecule has 23 rings (SSSR count). The van der Waals surface area contributed by atoms with Gasteiger partial charge >= 0.3 is 0 Å². The Morgan fingerprint density at radius 3 is 1.15 bits per heavy atom. The lowest BCUT2D eigenvalue weighted by atomic mass is 10.0. The lowest BCUT2D eigenvalue weighted by molar-refractivity contribution is 0.669. The second kappa shape index (κ2) is 24.6. The maximum absolute atomic E-state index is 6.86. The number of hydrogen-bond donors (Lipinski definition) is 0. The Labute approximate surface area is 619 Å². The fraction of sp³-hybridized carbons (Fsp3) is 0. The van der Waals surface area contributed by atoms with Gasteiger partial charge in [-0.25, -0.2) is 29.9 Å². The molecular formula is C96H56N8O3S. The van der Waals surface area contributed by atoms with Crippen LogP contribution in [0.2, 0.25) is 0 Å². The van der Waals surface area contributed by atoms with Crippen LogP contribution in [0, 0.1) is 0 Å². The van der Waals surface area contributed by atoms with Crippen molar-refractivity contribution >= 4 is 141 Å². The van der Waals surface area contributed by atoms with Crippen molar-refractivity contribution in [1.82, 2.24) is 39.0 Å². The summed E-state index contributed by atoms with van der Waals surface area (Å²) in [6.07, 6.45) is 0. The van der Waals surface area contributed by atoms with Gasteiger partial charge in [0.2, 0.25) is 0 Å². The average molecular weight is 1400 g/mol. The number of rotatable bonds is 9. The van der Waals surface area contributed by atoms with E-state index in [0.717, 1.165) is 165 Å². The molecule has 0 bridgehead atoms. The van der Waals surface area contributed by atoms with Crippen LogP contribution in [-0.2, 0) is 0 Å². The molecule has 8 aromatic heterocycles. The van der Waals surface area contributed by atoms with Gasteiger partial charge in [-0.2, -0.15) is 0 Å². The fourth-order valence-corrected chi connectivity index (χ4v) is 17.0. The van der Waals surface area contributed by atoms with E-state index < -0.39 is 0 Å². The number of nitrogens with zero attached hydrogens (tertiary/aromatic N) is 8. The minimum atomic E-state index is 0.561. The molecule has 0 saturated carbocycles. The van der Waals surface area contributed by atoms with Crippen molar-refractivity contribution in [1.29, 1.82) is 0 Å². The lowest BCUT2D eigenvalue weighted by Crippen LogP contribution is -2.00. The molecule has 15 aromatic carbocycles. The minimum absolute atomic E-state index is 0.561. The van der Waals surface area contributed by atoms with E-state index in [0.29, 0.717) is 34.9 Å². The van der Waals surface area contributed by atoms with Gasteiger partial charge in [0.15, 0.2) is 34.9 Å². The summed E-state index contributed by atoms with van der Waals surface area (Å²) < 4.78 is 26.9. The maximum Gasteiger partial charge on any atom is 0.164 e. The van der Waals surface area contributed by atoms with Gasteiger partial charge in [0.1, 0.15) is 33.5 Å². The molecule has 0 amide bonds. The van der Waals surface area contributed by atoms with Crippen molar-refractivity contribution < 1.29 is 13.3 Å². The zero-order valence-electron chi connectivity index (χ0n) is 57.5. The highest BCUT2D eigenvalue weighted by molar-refractivity contribution is 7.25. The summed E-state index contributed by atoms with van der Waals surface area (Å²) in [5.74, 6) is 3.59. The first-order valence-corrected chi connectivity index (χ1v) is 36.8. The lowest BCUT2D eigenvalue weighted by Gasteiger charge is -2.10. The molecular weight excluding hydrogens is 1350 g/mol. The molecule has 0 aliphatic rings. The van der Waals surface area contributed by atoms with Crippen LogP contribution < -0.4 is 0 Å². The minimum Gasteiger partial charge on any atom is -0.456 e. The first-order chi connectivity index (χ1) is 53.5. The van der Waals surface area contributed by atoms with E-state index >= 15 is 0 Å². The Balaban J connectivity index is 0.000000135. The summed E-state index contributed by atoms with van der Waals surface area (Å²) in [5.41, 5.74) is 19.3. The largest absolute Gasteiger partial charge is 0.456 e. The number of para-hydroxylation sites is 5. The van der Waals surface area contributed by atoms with E-state index in [1.54, 1.807) is 11.3 Å². The van der Waals surface area contributed by atoms with Gasteiger partial charge in [-0.1, -0.05) is 212 Å². The van der Waals surface area contributed by atoms with Crippen molar-refractivity contribution in [2.45, 2.75) is 0 Å². The third-order valence-electron chi connectivity index (χ3n) is 20.9. The van der Waals surface area contributed by atoms with Crippen LogP contribution in [0.1, 0.15) is 0 Å². The van der Waals surface area contributed by atoms with E-state index in [1.165, 1.54) is 20.2 Å². The molecule has 0 aliphatic carbocycles. The molecule has 8 heterocycles. The Hall–Kier alpha value is -14.5. The number of aromatic nitrogens is 8. The second-order valence-electron chi connectivity index (χ2n) is 27.2. The molecule has 0 aliphatic heterocycles. The average Bonchev–Trinajstić information content (AvgIpc) is 1.56. The molecule has 0 N–H and O–H groups in total. The molecule has 12 heteroatoms. The van der Waals surface area contributed by atoms with Crippen LogP contribution in [0.5, 0.6) is 0 Å². The zero-order chi connectivity index (χ0) is 70.9. The van der Waals surface area contributed by atoms with Crippen molar-refractivity contribution in [3.63, 3.8) is 0 Å². The van der Waals surface area contributed by atoms with Gasteiger partial charge in [-0.15, -0.1) is 11.3 Å². The monoisotopic (exact) mass is 1400 g/mol. The van der Waals surface area contributed by atoms with Crippen molar-refractivity contribution in [2.24, 2.45) is 0 Å². The van der Waals surface area contributed by atoms with Crippen molar-refractivity contribution in [2.75, 3.05) is 0 Å². The topological polar surface area (TPSA) is 127 Å². The van der Waals surface area contributed by atoms with Gasteiger partial charge in [-0.3, -0.25) is 0 Å². The third kappa shape index (κ3) is 10.0. The molecule has 23 aromatic rings. The van der Waals surface area contributed by atoms with Crippen LogP contribution >= 0.6 is 11.3 Å². The van der Waals surface area contributed by atoms with Gasteiger partial charge in [-0.05, 0) is 139 Å². The fourth-order valence-electron chi connectivity index (χ4n) is 15.9. The number of benzene rings is 15. The van der Waals surface area contributed by atoms with Crippen LogP contribution in [-0.4, -0.2) is 39.0 Å². The number of hydrogen-bond acceptors (Lipinski definition) is 10. The van der Waals surface area contributed by atoms with E-state index in [1.807, 2.05) is 72.8 Å². The first-order valence-electron chi connectivity index (χ1n) is 36.0. The predicted molar refractivity (Wildman–Crippen MR) is 441 cm³/mol. The molecule has 0 radical (unpaired) electrons. The van der Waals surface area contributed by atoms with E-state index in [2.05, 4.69) is 276 Å². The molecule has 0 spiro atoms. The highest BCUT2D eigenvalue weighted by Crippen LogP contribution is 2.45. The first kappa shape index (κ1) is 61.1. The van der Waals surface area contributed by atoms with Crippen molar-refractivity contribution in [3.05, 3.63) is 340 Å². The zero-order valence-corrected chi connectivity index (χ0v) is 58.4. The Morgan fingerprint density at radius 2 is 0.583 bits per heavy atom. The maximum atomic E-state index is 6.86. The molecule has 11 nitrogen and oxygen atoms in total. The van der Waals surface area contributed by atoms with E-state index in [-0.39, 0.29) is 0 Å². The van der Waals surface area contributed by atoms with E-state index in [9.17, 15) is 0 Å². The summed E-state index contributed by atoms with van der Waals surface area (Å²) in [4.78, 5) is 30.5. The Morgan fingerprint density at radius 1 is 0.204 bits per heavy atom. The molecule has 0 fully saturated rings. The summed E-state index contributed by atoms with van der Waals surface area (Å²) in [6.45, 7) is 0. The molecule has 0 atom stereocenters. The normalized spacial score (nSPS) is 11.9. The standard InChI is InChI=1S/C51H30N4O2.C45H26N4OS/c1-3-12-31(13-4-1)32-14-11-15-33(28-32)49-52-50(34-23-27-45-41(29-34)37-18-8-10-21-44(37)56-45)54-51(53-49)35-22-24-38-39-25-26-43-47(48(39)57-46(38)30-35)40-19-7-9-20-42(40)55(43)36-16-5-2-6-17-36;1-3-11-27(12-4-1)43-46-44(48-45(47-43)29-20-22-33-32-15-8-10-18-39(32)51-40(33)26-29)28-19-21-31-34-23-24-37-41(42(34)50-38(31)25-28)35-16-7-9-17-36(35)49(37)30-13-5-2-6-14-30/h1-30H;1-26H. The van der Waals surface area contributed by atoms with Crippen LogP contribution in [0.3, 0.4) is 0 Å². The van der Waals surface area contributed by atoms with Gasteiger partial charge in [0.25, 0.3) is 0 Å². The predicted octanol–water partition coefficient (Wildman–Crippen LogP) is 25.7. The summed E-state index contributed by atoms with van der Waals surface area (Å²) in [6, 6.07) is 118. The quantitative estimate of drug-likeness (QED) is 0.139. The van der Waals surface area contributed by atoms with Crippen molar-refractivity contribution in [3.8, 4) is 90.8 Å².